The van der Waals surface area contributed by atoms with Crippen LogP contribution in [0, 0.1) is 17.2 Å². The number of amides is 1. The molecule has 2 aliphatic rings. The standard InChI is InChI=1S/C12H10N2O3/c13-5-8-3-12(15)14(6-8)9-1-2-10-11(4-9)17-7-16-10/h1-2,4,8H,3,6-7H2. The minimum Gasteiger partial charge on any atom is -0.454 e. The van der Waals surface area contributed by atoms with Crippen molar-refractivity contribution in [2.45, 2.75) is 6.42 Å². The second-order valence-corrected chi connectivity index (χ2v) is 4.07. The van der Waals surface area contributed by atoms with Gasteiger partial charge >= 0.3 is 0 Å². The largest absolute Gasteiger partial charge is 0.454 e. The molecule has 1 amide bonds. The van der Waals surface area contributed by atoms with Gasteiger partial charge in [-0.25, -0.2) is 0 Å². The van der Waals surface area contributed by atoms with Crippen molar-refractivity contribution in [2.75, 3.05) is 18.2 Å². The van der Waals surface area contributed by atoms with Gasteiger partial charge in [0.2, 0.25) is 12.7 Å². The molecule has 5 nitrogen and oxygen atoms in total. The van der Waals surface area contributed by atoms with Crippen LogP contribution in [0.25, 0.3) is 0 Å². The molecule has 1 aromatic rings. The van der Waals surface area contributed by atoms with Crippen LogP contribution in [0.5, 0.6) is 11.5 Å². The highest BCUT2D eigenvalue weighted by molar-refractivity contribution is 5.96. The summed E-state index contributed by atoms with van der Waals surface area (Å²) in [6, 6.07) is 7.50. The van der Waals surface area contributed by atoms with Crippen LogP contribution < -0.4 is 14.4 Å². The Kier molecular flexibility index (Phi) is 2.15. The van der Waals surface area contributed by atoms with E-state index in [1.165, 1.54) is 0 Å². The Morgan fingerprint density at radius 3 is 2.94 bits per heavy atom. The highest BCUT2D eigenvalue weighted by Crippen LogP contribution is 2.36. The van der Waals surface area contributed by atoms with Crippen LogP contribution in [0.15, 0.2) is 18.2 Å². The first kappa shape index (κ1) is 9.97. The molecule has 1 unspecified atom stereocenters. The average Bonchev–Trinajstić information content (AvgIpc) is 2.93. The summed E-state index contributed by atoms with van der Waals surface area (Å²) in [7, 11) is 0. The summed E-state index contributed by atoms with van der Waals surface area (Å²) in [5, 5.41) is 8.83. The molecule has 1 atom stereocenters. The SMILES string of the molecule is N#CC1CC(=O)N(c2ccc3c(c2)OCO3)C1. The molecule has 0 bridgehead atoms. The lowest BCUT2D eigenvalue weighted by atomic mass is 10.1. The summed E-state index contributed by atoms with van der Waals surface area (Å²) in [5.41, 5.74) is 0.761. The minimum absolute atomic E-state index is 0.0181. The molecule has 17 heavy (non-hydrogen) atoms. The molecule has 0 aromatic heterocycles. The number of benzene rings is 1. The highest BCUT2D eigenvalue weighted by atomic mass is 16.7. The number of nitrogens with zero attached hydrogens (tertiary/aromatic N) is 2. The number of nitriles is 1. The van der Waals surface area contributed by atoms with Gasteiger partial charge in [0.25, 0.3) is 0 Å². The molecular formula is C12H10N2O3. The first-order chi connectivity index (χ1) is 8.28. The lowest BCUT2D eigenvalue weighted by molar-refractivity contribution is -0.117. The van der Waals surface area contributed by atoms with E-state index in [2.05, 4.69) is 6.07 Å². The van der Waals surface area contributed by atoms with E-state index in [1.807, 2.05) is 6.07 Å². The summed E-state index contributed by atoms with van der Waals surface area (Å²) in [6.07, 6.45) is 0.297. The molecule has 2 aliphatic heterocycles. The quantitative estimate of drug-likeness (QED) is 0.729. The number of fused-ring (bicyclic) bond motifs is 1. The Bertz CT molecular complexity index is 521. The van der Waals surface area contributed by atoms with E-state index >= 15 is 0 Å². The van der Waals surface area contributed by atoms with E-state index in [0.29, 0.717) is 24.5 Å². The van der Waals surface area contributed by atoms with Gasteiger partial charge in [-0.1, -0.05) is 0 Å². The number of hydrogen-bond donors (Lipinski definition) is 0. The van der Waals surface area contributed by atoms with E-state index < -0.39 is 0 Å². The van der Waals surface area contributed by atoms with E-state index in [-0.39, 0.29) is 18.6 Å². The van der Waals surface area contributed by atoms with Gasteiger partial charge in [-0.2, -0.15) is 5.26 Å². The first-order valence-electron chi connectivity index (χ1n) is 5.37. The van der Waals surface area contributed by atoms with Crippen molar-refractivity contribution in [3.8, 4) is 17.6 Å². The van der Waals surface area contributed by atoms with E-state index in [0.717, 1.165) is 5.69 Å². The van der Waals surface area contributed by atoms with Crippen molar-refractivity contribution in [3.63, 3.8) is 0 Å². The maximum absolute atomic E-state index is 11.7. The molecule has 1 saturated heterocycles. The predicted molar refractivity (Wildman–Crippen MR) is 58.6 cm³/mol. The third-order valence-electron chi connectivity index (χ3n) is 2.98. The molecule has 1 aromatic carbocycles. The van der Waals surface area contributed by atoms with Crippen LogP contribution in [-0.2, 0) is 4.79 Å². The Balaban J connectivity index is 1.90. The molecular weight excluding hydrogens is 220 g/mol. The monoisotopic (exact) mass is 230 g/mol. The number of carbonyl (C=O) groups excluding carboxylic acids is 1. The van der Waals surface area contributed by atoms with Gasteiger partial charge in [-0.15, -0.1) is 0 Å². The van der Waals surface area contributed by atoms with Gasteiger partial charge in [0.1, 0.15) is 0 Å². The zero-order valence-electron chi connectivity index (χ0n) is 9.05. The highest BCUT2D eigenvalue weighted by Gasteiger charge is 2.31. The number of ether oxygens (including phenoxy) is 2. The van der Waals surface area contributed by atoms with Crippen LogP contribution in [0.1, 0.15) is 6.42 Å². The number of anilines is 1. The molecule has 0 spiro atoms. The Labute approximate surface area is 98.2 Å². The zero-order chi connectivity index (χ0) is 11.8. The summed E-state index contributed by atoms with van der Waals surface area (Å²) in [4.78, 5) is 13.4. The molecule has 0 radical (unpaired) electrons. The second-order valence-electron chi connectivity index (χ2n) is 4.07. The van der Waals surface area contributed by atoms with E-state index in [4.69, 9.17) is 14.7 Å². The molecule has 0 aliphatic carbocycles. The van der Waals surface area contributed by atoms with E-state index in [9.17, 15) is 4.79 Å². The maximum Gasteiger partial charge on any atom is 0.231 e. The fourth-order valence-electron chi connectivity index (χ4n) is 2.10. The molecule has 5 heteroatoms. The number of carbonyl (C=O) groups is 1. The van der Waals surface area contributed by atoms with Crippen molar-refractivity contribution in [3.05, 3.63) is 18.2 Å². The third kappa shape index (κ3) is 1.58. The molecule has 2 heterocycles. The van der Waals surface area contributed by atoms with Crippen LogP contribution in [0.2, 0.25) is 0 Å². The first-order valence-corrected chi connectivity index (χ1v) is 5.37. The van der Waals surface area contributed by atoms with Crippen molar-refractivity contribution < 1.29 is 14.3 Å². The lowest BCUT2D eigenvalue weighted by Gasteiger charge is -2.15. The van der Waals surface area contributed by atoms with Gasteiger partial charge in [0, 0.05) is 24.7 Å². The van der Waals surface area contributed by atoms with Crippen molar-refractivity contribution in [1.82, 2.24) is 0 Å². The minimum atomic E-state index is -0.215. The van der Waals surface area contributed by atoms with Gasteiger partial charge in [-0.05, 0) is 12.1 Å². The molecule has 3 rings (SSSR count). The van der Waals surface area contributed by atoms with Gasteiger partial charge in [0.05, 0.1) is 12.0 Å². The van der Waals surface area contributed by atoms with Crippen LogP contribution in [0.4, 0.5) is 5.69 Å². The van der Waals surface area contributed by atoms with Crippen molar-refractivity contribution >= 4 is 11.6 Å². The topological polar surface area (TPSA) is 62.6 Å². The van der Waals surface area contributed by atoms with Crippen LogP contribution >= 0.6 is 0 Å². The van der Waals surface area contributed by atoms with Crippen LogP contribution in [0.3, 0.4) is 0 Å². The van der Waals surface area contributed by atoms with Crippen LogP contribution in [-0.4, -0.2) is 19.2 Å². The Hall–Kier alpha value is -2.22. The zero-order valence-corrected chi connectivity index (χ0v) is 9.05. The lowest BCUT2D eigenvalue weighted by Crippen LogP contribution is -2.24. The molecule has 86 valence electrons. The average molecular weight is 230 g/mol. The summed E-state index contributed by atoms with van der Waals surface area (Å²) in [5.74, 6) is 1.11. The third-order valence-corrected chi connectivity index (χ3v) is 2.98. The molecule has 0 N–H and O–H groups in total. The van der Waals surface area contributed by atoms with Crippen molar-refractivity contribution in [2.24, 2.45) is 5.92 Å². The molecule has 1 fully saturated rings. The summed E-state index contributed by atoms with van der Waals surface area (Å²) < 4.78 is 10.5. The molecule has 0 saturated carbocycles. The van der Waals surface area contributed by atoms with Gasteiger partial charge in [0.15, 0.2) is 11.5 Å². The van der Waals surface area contributed by atoms with E-state index in [1.54, 1.807) is 17.0 Å². The summed E-state index contributed by atoms with van der Waals surface area (Å²) >= 11 is 0. The Morgan fingerprint density at radius 1 is 1.35 bits per heavy atom. The fourth-order valence-corrected chi connectivity index (χ4v) is 2.10. The van der Waals surface area contributed by atoms with Gasteiger partial charge in [-0.3, -0.25) is 4.79 Å². The van der Waals surface area contributed by atoms with Gasteiger partial charge < -0.3 is 14.4 Å². The van der Waals surface area contributed by atoms with Crippen molar-refractivity contribution in [1.29, 1.82) is 5.26 Å². The fraction of sp³-hybridized carbons (Fsp3) is 0.333. The number of hydrogen-bond acceptors (Lipinski definition) is 4. The number of rotatable bonds is 1. The maximum atomic E-state index is 11.7. The Morgan fingerprint density at radius 2 is 2.18 bits per heavy atom. The smallest absolute Gasteiger partial charge is 0.231 e. The second kappa shape index (κ2) is 3.67. The predicted octanol–water partition coefficient (Wildman–Crippen LogP) is 1.29. The normalized spacial score (nSPS) is 21.7. The summed E-state index contributed by atoms with van der Waals surface area (Å²) in [6.45, 7) is 0.669.